The lowest BCUT2D eigenvalue weighted by atomic mass is 10.1. The van der Waals surface area contributed by atoms with Gasteiger partial charge in [0.15, 0.2) is 0 Å². The normalized spacial score (nSPS) is 16.2. The standard InChI is InChI=1S/C12H10ClF3N2O/c13-9-1-4-17-10(7-9)11(19)18-5-2-8(3-6-18)12(14,15)16/h1-2,4,7H,3,5-6H2. The van der Waals surface area contributed by atoms with Gasteiger partial charge in [-0.05, 0) is 18.6 Å². The first kappa shape index (κ1) is 13.9. The van der Waals surface area contributed by atoms with Gasteiger partial charge in [0.1, 0.15) is 5.69 Å². The van der Waals surface area contributed by atoms with E-state index in [1.54, 1.807) is 0 Å². The van der Waals surface area contributed by atoms with Crippen molar-refractivity contribution in [3.8, 4) is 0 Å². The number of amides is 1. The number of hydrogen-bond acceptors (Lipinski definition) is 2. The van der Waals surface area contributed by atoms with Crippen LogP contribution in [0.25, 0.3) is 0 Å². The maximum atomic E-state index is 12.4. The summed E-state index contributed by atoms with van der Waals surface area (Å²) in [7, 11) is 0. The first-order valence-corrected chi connectivity index (χ1v) is 5.93. The van der Waals surface area contributed by atoms with Crippen molar-refractivity contribution in [2.75, 3.05) is 13.1 Å². The number of aromatic nitrogens is 1. The molecule has 0 aliphatic carbocycles. The topological polar surface area (TPSA) is 33.2 Å². The Hall–Kier alpha value is -1.56. The van der Waals surface area contributed by atoms with Gasteiger partial charge in [0.2, 0.25) is 0 Å². The zero-order valence-corrected chi connectivity index (χ0v) is 10.5. The summed E-state index contributed by atoms with van der Waals surface area (Å²) in [5.41, 5.74) is -0.452. The molecule has 0 saturated heterocycles. The largest absolute Gasteiger partial charge is 0.412 e. The molecule has 3 nitrogen and oxygen atoms in total. The number of carbonyl (C=O) groups excluding carboxylic acids is 1. The van der Waals surface area contributed by atoms with Crippen LogP contribution in [0.3, 0.4) is 0 Å². The van der Waals surface area contributed by atoms with E-state index in [-0.39, 0.29) is 25.2 Å². The maximum Gasteiger partial charge on any atom is 0.412 e. The quantitative estimate of drug-likeness (QED) is 0.745. The number of rotatable bonds is 1. The molecule has 1 aromatic heterocycles. The van der Waals surface area contributed by atoms with Crippen LogP contribution < -0.4 is 0 Å². The van der Waals surface area contributed by atoms with Crippen molar-refractivity contribution in [3.05, 3.63) is 40.7 Å². The molecule has 0 unspecified atom stereocenters. The highest BCUT2D eigenvalue weighted by atomic mass is 35.5. The summed E-state index contributed by atoms with van der Waals surface area (Å²) in [5.74, 6) is -0.417. The highest BCUT2D eigenvalue weighted by Crippen LogP contribution is 2.30. The first-order chi connectivity index (χ1) is 8.88. The SMILES string of the molecule is O=C(c1cc(Cl)ccn1)N1CC=C(C(F)(F)F)CC1. The van der Waals surface area contributed by atoms with E-state index in [4.69, 9.17) is 11.6 Å². The summed E-state index contributed by atoms with van der Waals surface area (Å²) in [5, 5.41) is 0.363. The fourth-order valence-corrected chi connectivity index (χ4v) is 1.95. The van der Waals surface area contributed by atoms with Gasteiger partial charge in [0, 0.05) is 29.9 Å². The van der Waals surface area contributed by atoms with Gasteiger partial charge in [-0.25, -0.2) is 0 Å². The van der Waals surface area contributed by atoms with Crippen LogP contribution in [0, 0.1) is 0 Å². The second-order valence-electron chi connectivity index (χ2n) is 4.09. The van der Waals surface area contributed by atoms with Crippen molar-refractivity contribution in [2.45, 2.75) is 12.6 Å². The molecule has 1 aromatic rings. The Morgan fingerprint density at radius 2 is 2.16 bits per heavy atom. The van der Waals surface area contributed by atoms with Gasteiger partial charge in [0.05, 0.1) is 0 Å². The molecular formula is C12H10ClF3N2O. The van der Waals surface area contributed by atoms with Crippen LogP contribution in [0.5, 0.6) is 0 Å². The van der Waals surface area contributed by atoms with E-state index in [2.05, 4.69) is 4.98 Å². The second-order valence-corrected chi connectivity index (χ2v) is 4.52. The van der Waals surface area contributed by atoms with Gasteiger partial charge in [0.25, 0.3) is 5.91 Å². The third-order valence-electron chi connectivity index (χ3n) is 2.80. The molecular weight excluding hydrogens is 281 g/mol. The number of nitrogens with zero attached hydrogens (tertiary/aromatic N) is 2. The number of hydrogen-bond donors (Lipinski definition) is 0. The van der Waals surface area contributed by atoms with E-state index >= 15 is 0 Å². The van der Waals surface area contributed by atoms with Gasteiger partial charge >= 0.3 is 6.18 Å². The lowest BCUT2D eigenvalue weighted by Gasteiger charge is -2.27. The van der Waals surface area contributed by atoms with Gasteiger partial charge in [-0.15, -0.1) is 0 Å². The van der Waals surface area contributed by atoms with E-state index in [0.717, 1.165) is 6.08 Å². The lowest BCUT2D eigenvalue weighted by molar-refractivity contribution is -0.0957. The van der Waals surface area contributed by atoms with Gasteiger partial charge in [-0.3, -0.25) is 9.78 Å². The smallest absolute Gasteiger partial charge is 0.333 e. The van der Waals surface area contributed by atoms with Crippen LogP contribution >= 0.6 is 11.6 Å². The van der Waals surface area contributed by atoms with E-state index in [1.807, 2.05) is 0 Å². The minimum Gasteiger partial charge on any atom is -0.333 e. The average molecular weight is 291 g/mol. The minimum absolute atomic E-state index is 0.0262. The van der Waals surface area contributed by atoms with Crippen molar-refractivity contribution in [2.24, 2.45) is 0 Å². The first-order valence-electron chi connectivity index (χ1n) is 5.55. The highest BCUT2D eigenvalue weighted by Gasteiger charge is 2.35. The van der Waals surface area contributed by atoms with Crippen LogP contribution in [-0.4, -0.2) is 35.1 Å². The number of halogens is 4. The Labute approximate surface area is 112 Å². The van der Waals surface area contributed by atoms with Crippen LogP contribution in [0.4, 0.5) is 13.2 Å². The Balaban J connectivity index is 2.10. The molecule has 7 heteroatoms. The average Bonchev–Trinajstić information content (AvgIpc) is 2.37. The van der Waals surface area contributed by atoms with Crippen LogP contribution in [-0.2, 0) is 0 Å². The van der Waals surface area contributed by atoms with Crippen LogP contribution in [0.1, 0.15) is 16.9 Å². The molecule has 1 amide bonds. The monoisotopic (exact) mass is 290 g/mol. The van der Waals surface area contributed by atoms with Crippen molar-refractivity contribution in [3.63, 3.8) is 0 Å². The third-order valence-corrected chi connectivity index (χ3v) is 3.04. The summed E-state index contributed by atoms with van der Waals surface area (Å²) < 4.78 is 37.3. The Morgan fingerprint density at radius 1 is 1.42 bits per heavy atom. The van der Waals surface area contributed by atoms with E-state index < -0.39 is 17.7 Å². The predicted octanol–water partition coefficient (Wildman–Crippen LogP) is 3.07. The molecule has 0 N–H and O–H groups in total. The van der Waals surface area contributed by atoms with Crippen molar-refractivity contribution >= 4 is 17.5 Å². The van der Waals surface area contributed by atoms with E-state index in [0.29, 0.717) is 5.02 Å². The molecule has 2 heterocycles. The fourth-order valence-electron chi connectivity index (χ4n) is 1.79. The third kappa shape index (κ3) is 3.26. The Bertz CT molecular complexity index is 528. The lowest BCUT2D eigenvalue weighted by Crippen LogP contribution is -2.37. The molecule has 1 aliphatic rings. The maximum absolute atomic E-state index is 12.4. The molecule has 0 bridgehead atoms. The molecule has 0 atom stereocenters. The summed E-state index contributed by atoms with van der Waals surface area (Å²) in [6.07, 6.45) is -2.10. The molecule has 0 aromatic carbocycles. The zero-order chi connectivity index (χ0) is 14.0. The summed E-state index contributed by atoms with van der Waals surface area (Å²) in [6.45, 7) is -0.0414. The Kier molecular flexibility index (Phi) is 3.80. The number of pyridine rings is 1. The number of alkyl halides is 3. The van der Waals surface area contributed by atoms with Crippen molar-refractivity contribution < 1.29 is 18.0 Å². The zero-order valence-electron chi connectivity index (χ0n) is 9.75. The molecule has 102 valence electrons. The summed E-state index contributed by atoms with van der Waals surface area (Å²) in [6, 6.07) is 2.92. The van der Waals surface area contributed by atoms with Gasteiger partial charge in [-0.2, -0.15) is 13.2 Å². The fraction of sp³-hybridized carbons (Fsp3) is 0.333. The second kappa shape index (κ2) is 5.21. The molecule has 2 rings (SSSR count). The molecule has 19 heavy (non-hydrogen) atoms. The van der Waals surface area contributed by atoms with Gasteiger partial charge < -0.3 is 4.90 Å². The molecule has 0 radical (unpaired) electrons. The number of carbonyl (C=O) groups is 1. The molecule has 0 saturated carbocycles. The predicted molar refractivity (Wildman–Crippen MR) is 63.9 cm³/mol. The molecule has 0 spiro atoms. The van der Waals surface area contributed by atoms with E-state index in [1.165, 1.54) is 23.2 Å². The molecule has 1 aliphatic heterocycles. The van der Waals surface area contributed by atoms with Crippen molar-refractivity contribution in [1.29, 1.82) is 0 Å². The highest BCUT2D eigenvalue weighted by molar-refractivity contribution is 6.30. The minimum atomic E-state index is -4.32. The summed E-state index contributed by atoms with van der Waals surface area (Å²) >= 11 is 5.74. The van der Waals surface area contributed by atoms with Crippen molar-refractivity contribution in [1.82, 2.24) is 9.88 Å². The van der Waals surface area contributed by atoms with E-state index in [9.17, 15) is 18.0 Å². The van der Waals surface area contributed by atoms with Gasteiger partial charge in [-0.1, -0.05) is 17.7 Å². The molecule has 0 fully saturated rings. The summed E-state index contributed by atoms with van der Waals surface area (Å²) in [4.78, 5) is 17.2. The Morgan fingerprint density at radius 3 is 2.68 bits per heavy atom. The van der Waals surface area contributed by atoms with Crippen LogP contribution in [0.2, 0.25) is 5.02 Å². The van der Waals surface area contributed by atoms with Crippen LogP contribution in [0.15, 0.2) is 30.0 Å².